The molecule has 2 unspecified atom stereocenters. The second kappa shape index (κ2) is 4.13. The second-order valence-corrected chi connectivity index (χ2v) is 3.98. The zero-order chi connectivity index (χ0) is 9.14. The van der Waals surface area contributed by atoms with Gasteiger partial charge in [0, 0.05) is 10.8 Å². The Bertz CT molecular complexity index is 218. The summed E-state index contributed by atoms with van der Waals surface area (Å²) in [7, 11) is 0. The van der Waals surface area contributed by atoms with E-state index < -0.39 is 0 Å². The third kappa shape index (κ3) is 1.74. The lowest BCUT2D eigenvalue weighted by atomic mass is 9.87. The third-order valence-corrected chi connectivity index (χ3v) is 3.23. The molecule has 0 N–H and O–H groups in total. The van der Waals surface area contributed by atoms with Gasteiger partial charge in [-0.15, -0.1) is 11.8 Å². The summed E-state index contributed by atoms with van der Waals surface area (Å²) in [6.45, 7) is 4.06. The maximum absolute atomic E-state index is 13.5. The molecule has 0 aromatic carbocycles. The van der Waals surface area contributed by atoms with Gasteiger partial charge in [-0.05, 0) is 24.7 Å². The van der Waals surface area contributed by atoms with Gasteiger partial charge >= 0.3 is 0 Å². The maximum Gasteiger partial charge on any atom is 0.117 e. The zero-order valence-corrected chi connectivity index (χ0v) is 8.62. The Labute approximate surface area is 77.9 Å². The van der Waals surface area contributed by atoms with Crippen LogP contribution in [0, 0.1) is 11.8 Å². The van der Waals surface area contributed by atoms with Gasteiger partial charge in [0.05, 0.1) is 0 Å². The first-order valence-electron chi connectivity index (χ1n) is 4.32. The molecular weight excluding hydrogens is 171 g/mol. The molecule has 0 saturated carbocycles. The first-order chi connectivity index (χ1) is 5.70. The molecule has 0 aromatic rings. The van der Waals surface area contributed by atoms with Gasteiger partial charge in [0.2, 0.25) is 0 Å². The van der Waals surface area contributed by atoms with E-state index in [0.717, 1.165) is 11.3 Å². The fourth-order valence-electron chi connectivity index (χ4n) is 1.52. The van der Waals surface area contributed by atoms with E-state index in [-0.39, 0.29) is 11.7 Å². The molecule has 0 heterocycles. The molecule has 0 radical (unpaired) electrons. The Kier molecular flexibility index (Phi) is 3.39. The van der Waals surface area contributed by atoms with Crippen molar-refractivity contribution in [3.05, 3.63) is 22.9 Å². The van der Waals surface area contributed by atoms with Crippen LogP contribution in [0.25, 0.3) is 0 Å². The van der Waals surface area contributed by atoms with Crippen LogP contribution in [-0.2, 0) is 0 Å². The first-order valence-corrected chi connectivity index (χ1v) is 5.55. The van der Waals surface area contributed by atoms with E-state index in [2.05, 4.69) is 13.0 Å². The highest BCUT2D eigenvalue weighted by Gasteiger charge is 2.23. The highest BCUT2D eigenvalue weighted by atomic mass is 32.2. The third-order valence-electron chi connectivity index (χ3n) is 2.46. The average molecular weight is 186 g/mol. The van der Waals surface area contributed by atoms with Crippen molar-refractivity contribution in [3.63, 3.8) is 0 Å². The van der Waals surface area contributed by atoms with E-state index in [4.69, 9.17) is 0 Å². The molecule has 0 aromatic heterocycles. The zero-order valence-electron chi connectivity index (χ0n) is 7.80. The summed E-state index contributed by atoms with van der Waals surface area (Å²) in [5, 5.41) is 0. The number of halogens is 1. The second-order valence-electron chi connectivity index (χ2n) is 3.14. The average Bonchev–Trinajstić information content (AvgIpc) is 2.10. The van der Waals surface area contributed by atoms with Crippen LogP contribution in [0.5, 0.6) is 0 Å². The van der Waals surface area contributed by atoms with Gasteiger partial charge in [0.1, 0.15) is 5.83 Å². The van der Waals surface area contributed by atoms with Crippen LogP contribution in [-0.4, -0.2) is 6.26 Å². The summed E-state index contributed by atoms with van der Waals surface area (Å²) >= 11 is 1.49. The maximum atomic E-state index is 13.5. The summed E-state index contributed by atoms with van der Waals surface area (Å²) in [4.78, 5) is 0.798. The molecule has 0 nitrogen and oxygen atoms in total. The van der Waals surface area contributed by atoms with Crippen LogP contribution in [0.1, 0.15) is 20.3 Å². The monoisotopic (exact) mass is 186 g/mol. The summed E-state index contributed by atoms with van der Waals surface area (Å²) in [5.41, 5.74) is 0. The summed E-state index contributed by atoms with van der Waals surface area (Å²) in [6.07, 6.45) is 6.97. The van der Waals surface area contributed by atoms with Gasteiger partial charge in [-0.3, -0.25) is 0 Å². The van der Waals surface area contributed by atoms with Crippen LogP contribution in [0.3, 0.4) is 0 Å². The number of hydrogen-bond acceptors (Lipinski definition) is 1. The molecule has 1 aliphatic carbocycles. The van der Waals surface area contributed by atoms with Crippen molar-refractivity contribution < 1.29 is 4.39 Å². The molecule has 0 amide bonds. The highest BCUT2D eigenvalue weighted by molar-refractivity contribution is 8.02. The molecule has 0 saturated heterocycles. The number of rotatable bonds is 2. The smallest absolute Gasteiger partial charge is 0.117 e. The minimum atomic E-state index is 0.0665. The normalized spacial score (nSPS) is 29.7. The van der Waals surface area contributed by atoms with Crippen LogP contribution < -0.4 is 0 Å². The van der Waals surface area contributed by atoms with E-state index in [1.54, 1.807) is 0 Å². The summed E-state index contributed by atoms with van der Waals surface area (Å²) < 4.78 is 13.5. The Hall–Kier alpha value is -0.240. The Morgan fingerprint density at radius 2 is 2.25 bits per heavy atom. The van der Waals surface area contributed by atoms with Crippen molar-refractivity contribution >= 4 is 11.8 Å². The number of thioether (sulfide) groups is 1. The van der Waals surface area contributed by atoms with Crippen LogP contribution in [0.2, 0.25) is 0 Å². The van der Waals surface area contributed by atoms with Crippen LogP contribution in [0.4, 0.5) is 4.39 Å². The molecule has 2 atom stereocenters. The van der Waals surface area contributed by atoms with E-state index in [1.165, 1.54) is 11.8 Å². The van der Waals surface area contributed by atoms with Gasteiger partial charge in [0.25, 0.3) is 0 Å². The molecule has 0 aliphatic heterocycles. The van der Waals surface area contributed by atoms with Gasteiger partial charge in [-0.25, -0.2) is 4.39 Å². The largest absolute Gasteiger partial charge is 0.210 e. The van der Waals surface area contributed by atoms with Gasteiger partial charge in [-0.1, -0.05) is 19.9 Å². The lowest BCUT2D eigenvalue weighted by Crippen LogP contribution is -2.13. The van der Waals surface area contributed by atoms with Crippen LogP contribution in [0.15, 0.2) is 22.9 Å². The van der Waals surface area contributed by atoms with E-state index in [1.807, 2.05) is 19.3 Å². The SMILES string of the molecule is CCC1C=CC(SC)=C(F)C1C. The summed E-state index contributed by atoms with van der Waals surface area (Å²) in [6, 6.07) is 0. The van der Waals surface area contributed by atoms with Crippen molar-refractivity contribution in [1.29, 1.82) is 0 Å². The van der Waals surface area contributed by atoms with E-state index in [0.29, 0.717) is 5.92 Å². The Balaban J connectivity index is 2.83. The Morgan fingerprint density at radius 3 is 2.75 bits per heavy atom. The quantitative estimate of drug-likeness (QED) is 0.632. The fourth-order valence-corrected chi connectivity index (χ4v) is 2.12. The fraction of sp³-hybridized carbons (Fsp3) is 0.600. The molecule has 2 heteroatoms. The molecule has 12 heavy (non-hydrogen) atoms. The van der Waals surface area contributed by atoms with Crippen molar-refractivity contribution in [3.8, 4) is 0 Å². The molecule has 1 aliphatic rings. The predicted octanol–water partition coefficient (Wildman–Crippen LogP) is 3.76. The molecule has 0 bridgehead atoms. The van der Waals surface area contributed by atoms with Gasteiger partial charge in [0.15, 0.2) is 0 Å². The molecule has 68 valence electrons. The number of hydrogen-bond donors (Lipinski definition) is 0. The lowest BCUT2D eigenvalue weighted by Gasteiger charge is -2.23. The first kappa shape index (κ1) is 9.85. The van der Waals surface area contributed by atoms with E-state index in [9.17, 15) is 4.39 Å². The van der Waals surface area contributed by atoms with Crippen molar-refractivity contribution in [2.75, 3.05) is 6.26 Å². The predicted molar refractivity (Wildman–Crippen MR) is 53.7 cm³/mol. The minimum absolute atomic E-state index is 0.0665. The Morgan fingerprint density at radius 1 is 1.58 bits per heavy atom. The molecule has 1 rings (SSSR count). The molecular formula is C10H15FS. The lowest BCUT2D eigenvalue weighted by molar-refractivity contribution is 0.386. The highest BCUT2D eigenvalue weighted by Crippen LogP contribution is 2.36. The van der Waals surface area contributed by atoms with Crippen LogP contribution >= 0.6 is 11.8 Å². The van der Waals surface area contributed by atoms with Gasteiger partial charge in [-0.2, -0.15) is 0 Å². The van der Waals surface area contributed by atoms with Crippen molar-refractivity contribution in [2.45, 2.75) is 20.3 Å². The molecule has 0 fully saturated rings. The van der Waals surface area contributed by atoms with Crippen molar-refractivity contribution in [1.82, 2.24) is 0 Å². The van der Waals surface area contributed by atoms with Gasteiger partial charge < -0.3 is 0 Å². The molecule has 0 spiro atoms. The summed E-state index contributed by atoms with van der Waals surface area (Å²) in [5.74, 6) is 0.528. The standard InChI is InChI=1S/C10H15FS/c1-4-8-5-6-9(12-3)10(11)7(8)2/h5-8H,4H2,1-3H3. The van der Waals surface area contributed by atoms with Crippen molar-refractivity contribution in [2.24, 2.45) is 11.8 Å². The minimum Gasteiger partial charge on any atom is -0.210 e. The number of allylic oxidation sites excluding steroid dienone is 3. The van der Waals surface area contributed by atoms with E-state index >= 15 is 0 Å². The topological polar surface area (TPSA) is 0 Å².